The Kier molecular flexibility index (Phi) is 13.5. The zero-order valence-electron chi connectivity index (χ0n) is 38.8. The van der Waals surface area contributed by atoms with Crippen molar-refractivity contribution in [3.05, 3.63) is 83.5 Å². The summed E-state index contributed by atoms with van der Waals surface area (Å²) in [7, 11) is 3.57. The lowest BCUT2D eigenvalue weighted by Gasteiger charge is -2.38. The van der Waals surface area contributed by atoms with Gasteiger partial charge in [-0.25, -0.2) is 0 Å². The largest absolute Gasteiger partial charge is 0.507 e. The molecular weight excluding hydrogens is 835 g/mol. The highest BCUT2D eigenvalue weighted by Gasteiger charge is 2.51. The van der Waals surface area contributed by atoms with Gasteiger partial charge in [-0.15, -0.1) is 0 Å². The highest BCUT2D eigenvalue weighted by molar-refractivity contribution is 6.27. The minimum absolute atomic E-state index is 0.00336. The van der Waals surface area contributed by atoms with E-state index in [1.165, 1.54) is 27.2 Å². The van der Waals surface area contributed by atoms with Gasteiger partial charge in [0.05, 0.1) is 46.9 Å². The molecule has 16 nitrogen and oxygen atoms in total. The standard InChI is InChI=1S/C49H63N5O11/c1-25-12-11-13-26(2)48(61)51-39-40-38(50-34-24-32(15-18-54(34)40)14-17-53-21-19-52(9)20-22-53)35-36(44(39)59)43(58)30(6)46-37(35)47(60)49(8,65-46)63-23-16-33(62-10)27(3)45(64-31(7)55)29(5)42(57)28(4)41(25)56/h11-18,23-25,27-29,33-34,41-42,45,50,56-59H,19-22H2,1-10H3,(H,51,61)/b12-11+,17-14+,23-16+,26-13-/t25-,27+,28+,29+,33-,34?,41-,42+,45+,49-/m0/s1. The molecule has 7 rings (SSSR count). The summed E-state index contributed by atoms with van der Waals surface area (Å²) in [5, 5.41) is 53.7. The number of Topliss-reactive ketones (excluding diaryl/α,β-unsaturated/α-hetero) is 1. The number of ketones is 1. The summed E-state index contributed by atoms with van der Waals surface area (Å²) < 4.78 is 24.1. The van der Waals surface area contributed by atoms with Crippen LogP contribution in [0.1, 0.15) is 64.4 Å². The van der Waals surface area contributed by atoms with Crippen molar-refractivity contribution in [2.45, 2.75) is 91.8 Å². The van der Waals surface area contributed by atoms with Gasteiger partial charge < -0.3 is 64.7 Å². The molecule has 2 aromatic carbocycles. The summed E-state index contributed by atoms with van der Waals surface area (Å²) in [5.74, 6) is -6.86. The lowest BCUT2D eigenvalue weighted by Crippen LogP contribution is -2.46. The molecule has 0 radical (unpaired) electrons. The molecule has 6 N–H and O–H groups in total. The molecule has 0 aromatic heterocycles. The van der Waals surface area contributed by atoms with Crippen LogP contribution in [0.2, 0.25) is 0 Å². The molecular formula is C49H63N5O11. The number of piperazine rings is 1. The molecule has 5 aliphatic rings. The molecule has 2 aromatic rings. The maximum absolute atomic E-state index is 14.8. The van der Waals surface area contributed by atoms with Gasteiger partial charge in [0.2, 0.25) is 0 Å². The highest BCUT2D eigenvalue weighted by Crippen LogP contribution is 2.59. The fourth-order valence-corrected chi connectivity index (χ4v) is 9.45. The van der Waals surface area contributed by atoms with Gasteiger partial charge in [0, 0.05) is 93.5 Å². The number of aromatic hydroxyl groups is 2. The fourth-order valence-electron chi connectivity index (χ4n) is 9.45. The van der Waals surface area contributed by atoms with Crippen molar-refractivity contribution in [2.75, 3.05) is 55.9 Å². The molecule has 65 heavy (non-hydrogen) atoms. The van der Waals surface area contributed by atoms with Crippen molar-refractivity contribution in [3.8, 4) is 17.2 Å². The second kappa shape index (κ2) is 18.6. The summed E-state index contributed by atoms with van der Waals surface area (Å²) in [6.07, 6.45) is 13.3. The van der Waals surface area contributed by atoms with Gasteiger partial charge in [-0.1, -0.05) is 45.9 Å². The highest BCUT2D eigenvalue weighted by atomic mass is 16.7. The van der Waals surface area contributed by atoms with Crippen molar-refractivity contribution in [2.24, 2.45) is 23.7 Å². The van der Waals surface area contributed by atoms with Gasteiger partial charge in [-0.2, -0.15) is 0 Å². The zero-order valence-corrected chi connectivity index (χ0v) is 38.8. The van der Waals surface area contributed by atoms with E-state index in [4.69, 9.17) is 18.9 Å². The number of fused-ring (bicyclic) bond motifs is 2. The number of anilines is 3. The van der Waals surface area contributed by atoms with E-state index in [0.717, 1.165) is 31.8 Å². The van der Waals surface area contributed by atoms with E-state index in [1.807, 2.05) is 29.3 Å². The number of aliphatic hydroxyl groups is 2. The Morgan fingerprint density at radius 1 is 0.954 bits per heavy atom. The number of rotatable bonds is 4. The lowest BCUT2D eigenvalue weighted by atomic mass is 9.78. The average molecular weight is 898 g/mol. The number of phenols is 2. The number of carbonyl (C=O) groups excluding carboxylic acids is 3. The van der Waals surface area contributed by atoms with Crippen LogP contribution < -0.4 is 20.3 Å². The van der Waals surface area contributed by atoms with Crippen LogP contribution >= 0.6 is 0 Å². The molecule has 16 heteroatoms. The SMILES string of the molecule is CO[C@H]1/C=C/O[C@@]2(C)Oc3c(C)c(O)c4c(O)c(c5c(c4c3C2=O)NC2C=C(/C=C/N3CCN(C)CC3)C=CN52)NC(=O)/C(C)=C\C=C\[C@H](C)[C@H](O)[C@@H](C)[C@@H](O)[C@@H](C)[C@H](OC(C)=O)[C@@H]1C. The molecule has 5 heterocycles. The number of esters is 1. The van der Waals surface area contributed by atoms with E-state index in [2.05, 4.69) is 33.7 Å². The van der Waals surface area contributed by atoms with E-state index >= 15 is 0 Å². The van der Waals surface area contributed by atoms with Crippen LogP contribution in [0.25, 0.3) is 10.8 Å². The smallest absolute Gasteiger partial charge is 0.312 e. The monoisotopic (exact) mass is 897 g/mol. The minimum atomic E-state index is -1.96. The summed E-state index contributed by atoms with van der Waals surface area (Å²) in [6.45, 7) is 16.6. The van der Waals surface area contributed by atoms with Crippen LogP contribution in [-0.4, -0.2) is 125 Å². The number of likely N-dealkylation sites (N-methyl/N-ethyl adjacent to an activating group) is 1. The Morgan fingerprint density at radius 2 is 1.66 bits per heavy atom. The third-order valence-corrected chi connectivity index (χ3v) is 13.6. The van der Waals surface area contributed by atoms with E-state index in [9.17, 15) is 34.8 Å². The first kappa shape index (κ1) is 47.2. The van der Waals surface area contributed by atoms with Gasteiger partial charge in [-0.05, 0) is 57.0 Å². The summed E-state index contributed by atoms with van der Waals surface area (Å²) in [5.41, 5.74) is 2.10. The second-order valence-electron chi connectivity index (χ2n) is 18.2. The van der Waals surface area contributed by atoms with E-state index in [-0.39, 0.29) is 44.7 Å². The first-order chi connectivity index (χ1) is 30.8. The van der Waals surface area contributed by atoms with Crippen molar-refractivity contribution >= 4 is 45.5 Å². The maximum atomic E-state index is 14.8. The van der Waals surface area contributed by atoms with Crippen molar-refractivity contribution in [1.82, 2.24) is 9.80 Å². The molecule has 5 aliphatic heterocycles. The maximum Gasteiger partial charge on any atom is 0.312 e. The van der Waals surface area contributed by atoms with Gasteiger partial charge in [0.15, 0.2) is 5.75 Å². The van der Waals surface area contributed by atoms with Gasteiger partial charge in [0.25, 0.3) is 11.7 Å². The number of hydrogen-bond donors (Lipinski definition) is 6. The number of nitrogens with zero attached hydrogens (tertiary/aromatic N) is 3. The molecule has 10 atom stereocenters. The van der Waals surface area contributed by atoms with Gasteiger partial charge >= 0.3 is 11.8 Å². The predicted molar refractivity (Wildman–Crippen MR) is 247 cm³/mol. The van der Waals surface area contributed by atoms with Crippen LogP contribution in [0.4, 0.5) is 17.1 Å². The molecule has 0 aliphatic carbocycles. The number of amides is 1. The third kappa shape index (κ3) is 8.84. The van der Waals surface area contributed by atoms with Crippen LogP contribution in [0, 0.1) is 30.6 Å². The Balaban J connectivity index is 1.36. The van der Waals surface area contributed by atoms with Crippen LogP contribution in [0.5, 0.6) is 17.2 Å². The summed E-state index contributed by atoms with van der Waals surface area (Å²) in [6, 6.07) is 0. The molecule has 1 amide bonds. The molecule has 4 bridgehead atoms. The molecule has 0 spiro atoms. The normalized spacial score (nSPS) is 32.8. The summed E-state index contributed by atoms with van der Waals surface area (Å²) >= 11 is 0. The van der Waals surface area contributed by atoms with E-state index in [1.54, 1.807) is 65.8 Å². The zero-order chi connectivity index (χ0) is 47.2. The first-order valence-electron chi connectivity index (χ1n) is 22.2. The Hall–Kier alpha value is -5.81. The molecule has 0 saturated carbocycles. The van der Waals surface area contributed by atoms with Crippen molar-refractivity contribution < 1.29 is 53.8 Å². The first-order valence-corrected chi connectivity index (χ1v) is 22.2. The van der Waals surface area contributed by atoms with Gasteiger partial charge in [0.1, 0.15) is 29.5 Å². The number of carbonyl (C=O) groups is 3. The number of methoxy groups -OCH3 is 1. The number of phenolic OH excluding ortho intramolecular Hbond substituents is 2. The third-order valence-electron chi connectivity index (χ3n) is 13.6. The lowest BCUT2D eigenvalue weighted by molar-refractivity contribution is -0.160. The Morgan fingerprint density at radius 3 is 2.34 bits per heavy atom. The average Bonchev–Trinajstić information content (AvgIpc) is 3.78. The topological polar surface area (TPSA) is 203 Å². The Labute approximate surface area is 380 Å². The van der Waals surface area contributed by atoms with E-state index < -0.39 is 83.4 Å². The number of hydrogen-bond acceptors (Lipinski definition) is 15. The molecule has 1 fully saturated rings. The number of benzene rings is 2. The van der Waals surface area contributed by atoms with Crippen LogP contribution in [0.15, 0.2) is 72.3 Å². The number of allylic oxidation sites excluding steroid dienone is 5. The minimum Gasteiger partial charge on any atom is -0.507 e. The molecule has 1 saturated heterocycles. The quantitative estimate of drug-likeness (QED) is 0.122. The summed E-state index contributed by atoms with van der Waals surface area (Å²) in [4.78, 5) is 47.7. The number of ether oxygens (including phenoxy) is 4. The molecule has 1 unspecified atom stereocenters. The van der Waals surface area contributed by atoms with Crippen LogP contribution in [-0.2, 0) is 23.8 Å². The number of aliphatic hydroxyl groups excluding tert-OH is 2. The van der Waals surface area contributed by atoms with Crippen molar-refractivity contribution in [1.29, 1.82) is 0 Å². The number of nitrogens with one attached hydrogen (secondary N) is 2. The van der Waals surface area contributed by atoms with Crippen molar-refractivity contribution in [3.63, 3.8) is 0 Å². The molecule has 350 valence electrons. The van der Waals surface area contributed by atoms with Crippen LogP contribution in [0.3, 0.4) is 0 Å². The van der Waals surface area contributed by atoms with E-state index in [0.29, 0.717) is 11.4 Å². The van der Waals surface area contributed by atoms with Gasteiger partial charge in [-0.3, -0.25) is 14.4 Å². The predicted octanol–water partition coefficient (Wildman–Crippen LogP) is 5.82. The fraction of sp³-hybridized carbons (Fsp3) is 0.490. The Bertz CT molecular complexity index is 2420. The second-order valence-corrected chi connectivity index (χ2v) is 18.2.